The van der Waals surface area contributed by atoms with Crippen molar-refractivity contribution < 1.29 is 17.9 Å². The Labute approximate surface area is 119 Å². The van der Waals surface area contributed by atoms with Crippen molar-refractivity contribution in [2.24, 2.45) is 0 Å². The van der Waals surface area contributed by atoms with Crippen LogP contribution in [0.5, 0.6) is 0 Å². The van der Waals surface area contributed by atoms with Crippen LogP contribution in [0.15, 0.2) is 0 Å². The highest BCUT2D eigenvalue weighted by Crippen LogP contribution is 2.45. The van der Waals surface area contributed by atoms with E-state index in [1.165, 1.54) is 0 Å². The highest BCUT2D eigenvalue weighted by atomic mass is 32.2. The lowest BCUT2D eigenvalue weighted by Gasteiger charge is -2.35. The van der Waals surface area contributed by atoms with Crippen LogP contribution < -0.4 is 5.32 Å². The zero-order valence-electron chi connectivity index (χ0n) is 11.9. The lowest BCUT2D eigenvalue weighted by Crippen LogP contribution is -2.52. The lowest BCUT2D eigenvalue weighted by molar-refractivity contribution is -0.121. The van der Waals surface area contributed by atoms with Crippen molar-refractivity contribution in [2.75, 3.05) is 39.1 Å². The number of carbonyl (C=O) groups excluding carboxylic acids is 1. The molecule has 0 spiro atoms. The van der Waals surface area contributed by atoms with Crippen molar-refractivity contribution in [3.8, 4) is 0 Å². The largest absolute Gasteiger partial charge is 0.379 e. The van der Waals surface area contributed by atoms with Crippen LogP contribution in [0.4, 0.5) is 0 Å². The van der Waals surface area contributed by atoms with Gasteiger partial charge in [0, 0.05) is 31.4 Å². The Kier molecular flexibility index (Phi) is 3.34. The van der Waals surface area contributed by atoms with Crippen LogP contribution in [-0.2, 0) is 19.4 Å². The SMILES string of the molecule is CS(=O)(=O)C1(C(=O)NCC2(N3CCOCC3)CC2)CC1. The maximum absolute atomic E-state index is 12.2. The Morgan fingerprint density at radius 1 is 1.20 bits per heavy atom. The topological polar surface area (TPSA) is 75.7 Å². The second-order valence-corrected chi connectivity index (χ2v) is 8.60. The molecule has 1 N–H and O–H groups in total. The summed E-state index contributed by atoms with van der Waals surface area (Å²) >= 11 is 0. The molecule has 1 heterocycles. The number of nitrogens with one attached hydrogen (secondary N) is 1. The fourth-order valence-corrected chi connectivity index (χ4v) is 4.33. The summed E-state index contributed by atoms with van der Waals surface area (Å²) in [6.07, 6.45) is 4.22. The molecule has 0 bridgehead atoms. The van der Waals surface area contributed by atoms with E-state index >= 15 is 0 Å². The van der Waals surface area contributed by atoms with E-state index in [0.29, 0.717) is 19.4 Å². The molecule has 0 aromatic carbocycles. The van der Waals surface area contributed by atoms with Gasteiger partial charge in [0.25, 0.3) is 0 Å². The molecule has 3 fully saturated rings. The molecule has 0 aromatic heterocycles. The number of sulfone groups is 1. The van der Waals surface area contributed by atoms with E-state index in [4.69, 9.17) is 4.74 Å². The molecule has 0 atom stereocenters. The van der Waals surface area contributed by atoms with Gasteiger partial charge in [0.1, 0.15) is 0 Å². The number of rotatable bonds is 5. The number of hydrogen-bond acceptors (Lipinski definition) is 5. The summed E-state index contributed by atoms with van der Waals surface area (Å²) in [6.45, 7) is 3.83. The number of hydrogen-bond donors (Lipinski definition) is 1. The van der Waals surface area contributed by atoms with Crippen molar-refractivity contribution in [2.45, 2.75) is 36.0 Å². The Hall–Kier alpha value is -0.660. The van der Waals surface area contributed by atoms with Crippen molar-refractivity contribution in [1.82, 2.24) is 10.2 Å². The Morgan fingerprint density at radius 3 is 2.25 bits per heavy atom. The number of carbonyl (C=O) groups is 1. The van der Waals surface area contributed by atoms with Gasteiger partial charge in [-0.15, -0.1) is 0 Å². The zero-order chi connectivity index (χ0) is 14.4. The van der Waals surface area contributed by atoms with Gasteiger partial charge in [0.15, 0.2) is 14.6 Å². The number of amides is 1. The van der Waals surface area contributed by atoms with Crippen LogP contribution in [0.1, 0.15) is 25.7 Å². The minimum Gasteiger partial charge on any atom is -0.379 e. The van der Waals surface area contributed by atoms with Gasteiger partial charge in [0.2, 0.25) is 5.91 Å². The van der Waals surface area contributed by atoms with E-state index in [1.54, 1.807) is 0 Å². The van der Waals surface area contributed by atoms with Gasteiger partial charge in [0.05, 0.1) is 13.2 Å². The zero-order valence-corrected chi connectivity index (χ0v) is 12.7. The Morgan fingerprint density at radius 2 is 1.80 bits per heavy atom. The van der Waals surface area contributed by atoms with Gasteiger partial charge in [-0.05, 0) is 25.7 Å². The first-order chi connectivity index (χ1) is 9.40. The minimum atomic E-state index is -3.31. The van der Waals surface area contributed by atoms with Crippen LogP contribution in [0.25, 0.3) is 0 Å². The second kappa shape index (κ2) is 4.68. The molecule has 1 saturated heterocycles. The smallest absolute Gasteiger partial charge is 0.241 e. The third kappa shape index (κ3) is 2.35. The molecule has 2 aliphatic carbocycles. The van der Waals surface area contributed by atoms with Crippen molar-refractivity contribution in [1.29, 1.82) is 0 Å². The van der Waals surface area contributed by atoms with Crippen LogP contribution in [-0.4, -0.2) is 68.6 Å². The maximum Gasteiger partial charge on any atom is 0.241 e. The predicted molar refractivity (Wildman–Crippen MR) is 74.2 cm³/mol. The molecule has 1 amide bonds. The highest BCUT2D eigenvalue weighted by Gasteiger charge is 2.59. The van der Waals surface area contributed by atoms with Crippen molar-refractivity contribution in [3.63, 3.8) is 0 Å². The van der Waals surface area contributed by atoms with Gasteiger partial charge in [-0.3, -0.25) is 9.69 Å². The van der Waals surface area contributed by atoms with Crippen LogP contribution >= 0.6 is 0 Å². The van der Waals surface area contributed by atoms with E-state index in [-0.39, 0.29) is 11.4 Å². The first kappa shape index (κ1) is 14.3. The summed E-state index contributed by atoms with van der Waals surface area (Å²) in [5, 5.41) is 2.89. The Balaban J connectivity index is 1.59. The average Bonchev–Trinajstić information content (AvgIpc) is 3.29. The minimum absolute atomic E-state index is 0.0486. The normalized spacial score (nSPS) is 27.9. The molecule has 3 aliphatic rings. The molecule has 0 radical (unpaired) electrons. The van der Waals surface area contributed by atoms with Crippen molar-refractivity contribution >= 4 is 15.7 Å². The molecular weight excluding hydrogens is 280 g/mol. The molecule has 6 nitrogen and oxygen atoms in total. The van der Waals surface area contributed by atoms with Crippen LogP contribution in [0.2, 0.25) is 0 Å². The highest BCUT2D eigenvalue weighted by molar-refractivity contribution is 7.93. The third-order valence-electron chi connectivity index (χ3n) is 4.91. The molecule has 1 aliphatic heterocycles. The first-order valence-electron chi connectivity index (χ1n) is 7.20. The van der Waals surface area contributed by atoms with E-state index in [1.807, 2.05) is 0 Å². The van der Waals surface area contributed by atoms with Gasteiger partial charge in [-0.25, -0.2) is 8.42 Å². The number of morpholine rings is 1. The number of nitrogens with zero attached hydrogens (tertiary/aromatic N) is 1. The summed E-state index contributed by atoms with van der Waals surface area (Å²) in [5.41, 5.74) is 0.0486. The molecule has 20 heavy (non-hydrogen) atoms. The first-order valence-corrected chi connectivity index (χ1v) is 9.10. The third-order valence-corrected chi connectivity index (χ3v) is 6.93. The maximum atomic E-state index is 12.2. The molecular formula is C13H22N2O4S. The Bertz CT molecular complexity index is 502. The molecule has 7 heteroatoms. The number of ether oxygens (including phenoxy) is 1. The van der Waals surface area contributed by atoms with E-state index < -0.39 is 14.6 Å². The molecule has 0 unspecified atom stereocenters. The van der Waals surface area contributed by atoms with Gasteiger partial charge >= 0.3 is 0 Å². The molecule has 2 saturated carbocycles. The standard InChI is InChI=1S/C13H22N2O4S/c1-20(17,18)13(4-5-13)11(16)14-10-12(2-3-12)15-6-8-19-9-7-15/h2-10H2,1H3,(H,14,16). The fourth-order valence-electron chi connectivity index (χ4n) is 3.07. The van der Waals surface area contributed by atoms with Gasteiger partial charge in [-0.1, -0.05) is 0 Å². The quantitative estimate of drug-likeness (QED) is 0.744. The molecule has 0 aromatic rings. The summed E-state index contributed by atoms with van der Waals surface area (Å²) in [7, 11) is -3.31. The molecule has 3 rings (SSSR count). The summed E-state index contributed by atoms with van der Waals surface area (Å²) in [4.78, 5) is 14.6. The van der Waals surface area contributed by atoms with Gasteiger partial charge in [-0.2, -0.15) is 0 Å². The average molecular weight is 302 g/mol. The summed E-state index contributed by atoms with van der Waals surface area (Å²) < 4.78 is 27.6. The molecule has 114 valence electrons. The summed E-state index contributed by atoms with van der Waals surface area (Å²) in [6, 6.07) is 0. The monoisotopic (exact) mass is 302 g/mol. The fraction of sp³-hybridized carbons (Fsp3) is 0.923. The van der Waals surface area contributed by atoms with Gasteiger partial charge < -0.3 is 10.1 Å². The summed E-state index contributed by atoms with van der Waals surface area (Å²) in [5.74, 6) is -0.306. The van der Waals surface area contributed by atoms with E-state index in [9.17, 15) is 13.2 Å². The second-order valence-electron chi connectivity index (χ2n) is 6.27. The van der Waals surface area contributed by atoms with Crippen LogP contribution in [0.3, 0.4) is 0 Å². The lowest BCUT2D eigenvalue weighted by atomic mass is 10.2. The van der Waals surface area contributed by atoms with E-state index in [2.05, 4.69) is 10.2 Å². The van der Waals surface area contributed by atoms with E-state index in [0.717, 1.165) is 45.4 Å². The van der Waals surface area contributed by atoms with Crippen molar-refractivity contribution in [3.05, 3.63) is 0 Å². The predicted octanol–water partition coefficient (Wildman–Crippen LogP) is -0.455. The van der Waals surface area contributed by atoms with Crippen LogP contribution in [0, 0.1) is 0 Å².